The Morgan fingerprint density at radius 3 is 2.56 bits per heavy atom. The van der Waals surface area contributed by atoms with E-state index < -0.39 is 27.5 Å². The molecule has 1 aliphatic heterocycles. The molecule has 0 bridgehead atoms. The van der Waals surface area contributed by atoms with E-state index in [-0.39, 0.29) is 56.5 Å². The molecule has 244 valence electrons. The molecular weight excluding hydrogens is 650 g/mol. The molecule has 0 aromatic heterocycles. The highest BCUT2D eigenvalue weighted by molar-refractivity contribution is 7.91. The summed E-state index contributed by atoms with van der Waals surface area (Å²) in [5.74, 6) is -0.996. The number of carbonyl (C=O) groups excluding carboxylic acids is 1. The standard InChI is InChI=1S/C32H36Cl2F3N3O4S/c1-2-45(42,43)30-11-10-25(33)15-24(30)18-39-31(41)23-16-28(32(35,36)37)27(29(34)17-23)20-40-13-6-9-26(19-40)38-12-14-44-21-22-7-4-3-5-8-22/h3-5,7-8,10-11,15-17,26,38H,2,6,9,12-14,18-21H2,1H3,(H,39,41)/t26-/m0/s1. The second-order valence-corrected chi connectivity index (χ2v) is 14.0. The fraction of sp³-hybridized carbons (Fsp3) is 0.406. The number of piperidine rings is 1. The monoisotopic (exact) mass is 685 g/mol. The van der Waals surface area contributed by atoms with E-state index in [0.717, 1.165) is 24.5 Å². The van der Waals surface area contributed by atoms with Gasteiger partial charge in [-0.3, -0.25) is 9.69 Å². The molecule has 0 spiro atoms. The number of alkyl halides is 3. The number of likely N-dealkylation sites (tertiary alicyclic amines) is 1. The molecule has 1 fully saturated rings. The van der Waals surface area contributed by atoms with Crippen molar-refractivity contribution in [1.29, 1.82) is 0 Å². The normalized spacial score (nSPS) is 16.1. The highest BCUT2D eigenvalue weighted by atomic mass is 35.5. The molecule has 45 heavy (non-hydrogen) atoms. The smallest absolute Gasteiger partial charge is 0.375 e. The molecule has 0 radical (unpaired) electrons. The predicted molar refractivity (Wildman–Crippen MR) is 169 cm³/mol. The molecule has 2 N–H and O–H groups in total. The van der Waals surface area contributed by atoms with Crippen LogP contribution in [0.4, 0.5) is 13.2 Å². The fourth-order valence-corrected chi connectivity index (χ4v) is 6.88. The summed E-state index contributed by atoms with van der Waals surface area (Å²) in [5, 5.41) is 6.03. The first-order chi connectivity index (χ1) is 21.4. The molecule has 7 nitrogen and oxygen atoms in total. The van der Waals surface area contributed by atoms with E-state index in [1.807, 2.05) is 35.2 Å². The van der Waals surface area contributed by atoms with Crippen LogP contribution < -0.4 is 10.6 Å². The number of amides is 1. The molecule has 1 aliphatic rings. The van der Waals surface area contributed by atoms with Gasteiger partial charge in [0.2, 0.25) is 0 Å². The molecule has 0 aliphatic carbocycles. The first kappa shape index (κ1) is 35.2. The maximum absolute atomic E-state index is 14.3. The lowest BCUT2D eigenvalue weighted by Crippen LogP contribution is -2.46. The molecule has 3 aromatic rings. The summed E-state index contributed by atoms with van der Waals surface area (Å²) in [4.78, 5) is 14.9. The largest absolute Gasteiger partial charge is 0.416 e. The van der Waals surface area contributed by atoms with Crippen LogP contribution in [0.5, 0.6) is 0 Å². The summed E-state index contributed by atoms with van der Waals surface area (Å²) in [6.07, 6.45) is -3.06. The number of ether oxygens (including phenoxy) is 1. The summed E-state index contributed by atoms with van der Waals surface area (Å²) in [6, 6.07) is 16.1. The minimum absolute atomic E-state index is 0.00639. The quantitative estimate of drug-likeness (QED) is 0.200. The Kier molecular flexibility index (Phi) is 12.3. The number of sulfone groups is 1. The van der Waals surface area contributed by atoms with Crippen LogP contribution in [0.15, 0.2) is 65.6 Å². The van der Waals surface area contributed by atoms with E-state index in [4.69, 9.17) is 27.9 Å². The molecule has 4 rings (SSSR count). The number of nitrogens with one attached hydrogen (secondary N) is 2. The van der Waals surface area contributed by atoms with Gasteiger partial charge in [-0.25, -0.2) is 8.42 Å². The second kappa shape index (κ2) is 15.8. The van der Waals surface area contributed by atoms with Crippen LogP contribution in [0.2, 0.25) is 10.0 Å². The van der Waals surface area contributed by atoms with Gasteiger partial charge in [0.15, 0.2) is 9.84 Å². The van der Waals surface area contributed by atoms with Crippen molar-refractivity contribution < 1.29 is 31.1 Å². The fourth-order valence-electron chi connectivity index (χ4n) is 5.29. The number of hydrogen-bond acceptors (Lipinski definition) is 6. The molecule has 3 aromatic carbocycles. The van der Waals surface area contributed by atoms with Gasteiger partial charge < -0.3 is 15.4 Å². The van der Waals surface area contributed by atoms with Crippen LogP contribution in [0.1, 0.15) is 52.4 Å². The first-order valence-electron chi connectivity index (χ1n) is 14.6. The highest BCUT2D eigenvalue weighted by Crippen LogP contribution is 2.37. The number of halogens is 5. The minimum atomic E-state index is -4.76. The first-order valence-corrected chi connectivity index (χ1v) is 17.0. The van der Waals surface area contributed by atoms with E-state index in [9.17, 15) is 26.4 Å². The Hall–Kier alpha value is -2.67. The molecule has 1 saturated heterocycles. The van der Waals surface area contributed by atoms with Gasteiger partial charge in [0.25, 0.3) is 5.91 Å². The van der Waals surface area contributed by atoms with Crippen molar-refractivity contribution in [2.75, 3.05) is 32.0 Å². The zero-order valence-electron chi connectivity index (χ0n) is 24.8. The Bertz CT molecular complexity index is 1570. The molecule has 1 atom stereocenters. The van der Waals surface area contributed by atoms with Crippen LogP contribution >= 0.6 is 23.2 Å². The van der Waals surface area contributed by atoms with Crippen LogP contribution in [0, 0.1) is 0 Å². The van der Waals surface area contributed by atoms with E-state index in [2.05, 4.69) is 10.6 Å². The SMILES string of the molecule is CCS(=O)(=O)c1ccc(Cl)cc1CNC(=O)c1cc(Cl)c(CN2CCC[C@H](NCCOCc3ccccc3)C2)c(C(F)(F)F)c1. The number of benzene rings is 3. The Morgan fingerprint density at radius 1 is 1.09 bits per heavy atom. The van der Waals surface area contributed by atoms with Gasteiger partial charge in [0.1, 0.15) is 0 Å². The van der Waals surface area contributed by atoms with Gasteiger partial charge in [-0.05, 0) is 66.4 Å². The maximum Gasteiger partial charge on any atom is 0.416 e. The topological polar surface area (TPSA) is 87.7 Å². The van der Waals surface area contributed by atoms with Crippen LogP contribution in [-0.4, -0.2) is 57.3 Å². The van der Waals surface area contributed by atoms with Crippen molar-refractivity contribution in [3.05, 3.63) is 98.5 Å². The zero-order valence-corrected chi connectivity index (χ0v) is 27.1. The molecule has 13 heteroatoms. The summed E-state index contributed by atoms with van der Waals surface area (Å²) >= 11 is 12.5. The van der Waals surface area contributed by atoms with Crippen molar-refractivity contribution in [3.8, 4) is 0 Å². The van der Waals surface area contributed by atoms with Crippen molar-refractivity contribution in [2.45, 2.75) is 56.6 Å². The lowest BCUT2D eigenvalue weighted by molar-refractivity contribution is -0.138. The molecule has 0 saturated carbocycles. The van der Waals surface area contributed by atoms with Gasteiger partial charge in [0, 0.05) is 47.8 Å². The van der Waals surface area contributed by atoms with Gasteiger partial charge in [0.05, 0.1) is 29.4 Å². The Balaban J connectivity index is 1.40. The third kappa shape index (κ3) is 9.91. The van der Waals surface area contributed by atoms with Gasteiger partial charge in [-0.2, -0.15) is 13.2 Å². The van der Waals surface area contributed by atoms with Crippen LogP contribution in [0.25, 0.3) is 0 Å². The number of rotatable bonds is 13. The summed E-state index contributed by atoms with van der Waals surface area (Å²) in [5.41, 5.74) is -0.0562. The van der Waals surface area contributed by atoms with Crippen molar-refractivity contribution in [1.82, 2.24) is 15.5 Å². The van der Waals surface area contributed by atoms with E-state index in [1.54, 1.807) is 0 Å². The minimum Gasteiger partial charge on any atom is -0.375 e. The highest BCUT2D eigenvalue weighted by Gasteiger charge is 2.36. The average Bonchev–Trinajstić information content (AvgIpc) is 3.00. The Labute approximate surface area is 272 Å². The molecule has 0 unspecified atom stereocenters. The van der Waals surface area contributed by atoms with Crippen molar-refractivity contribution >= 4 is 38.9 Å². The van der Waals surface area contributed by atoms with Gasteiger partial charge in [-0.1, -0.05) is 60.5 Å². The summed E-state index contributed by atoms with van der Waals surface area (Å²) < 4.78 is 73.5. The Morgan fingerprint density at radius 2 is 1.84 bits per heavy atom. The van der Waals surface area contributed by atoms with Crippen molar-refractivity contribution in [2.24, 2.45) is 0 Å². The maximum atomic E-state index is 14.3. The molecule has 1 heterocycles. The van der Waals surface area contributed by atoms with E-state index in [1.165, 1.54) is 31.2 Å². The average molecular weight is 687 g/mol. The summed E-state index contributed by atoms with van der Waals surface area (Å²) in [7, 11) is -3.63. The third-order valence-electron chi connectivity index (χ3n) is 7.62. The number of nitrogens with zero attached hydrogens (tertiary/aromatic N) is 1. The molecule has 1 amide bonds. The number of hydrogen-bond donors (Lipinski definition) is 2. The van der Waals surface area contributed by atoms with E-state index >= 15 is 0 Å². The predicted octanol–water partition coefficient (Wildman–Crippen LogP) is 6.51. The zero-order chi connectivity index (χ0) is 32.6. The number of carbonyl (C=O) groups is 1. The lowest BCUT2D eigenvalue weighted by Gasteiger charge is -2.34. The van der Waals surface area contributed by atoms with Crippen LogP contribution in [0.3, 0.4) is 0 Å². The van der Waals surface area contributed by atoms with Crippen molar-refractivity contribution in [3.63, 3.8) is 0 Å². The third-order valence-corrected chi connectivity index (χ3v) is 10.0. The molecular formula is C32H36Cl2F3N3O4S. The summed E-state index contributed by atoms with van der Waals surface area (Å²) in [6.45, 7) is 3.98. The van der Waals surface area contributed by atoms with Gasteiger partial charge >= 0.3 is 6.18 Å². The van der Waals surface area contributed by atoms with Gasteiger partial charge in [-0.15, -0.1) is 0 Å². The lowest BCUT2D eigenvalue weighted by atomic mass is 10.00. The van der Waals surface area contributed by atoms with Crippen LogP contribution in [-0.2, 0) is 40.4 Å². The second-order valence-electron chi connectivity index (χ2n) is 10.9. The van der Waals surface area contributed by atoms with E-state index in [0.29, 0.717) is 32.8 Å².